The average molecular weight is 450 g/mol. The van der Waals surface area contributed by atoms with E-state index in [1.807, 2.05) is 67.6 Å². The first-order valence-corrected chi connectivity index (χ1v) is 11.4. The lowest BCUT2D eigenvalue weighted by Gasteiger charge is -2.19. The van der Waals surface area contributed by atoms with E-state index >= 15 is 0 Å². The summed E-state index contributed by atoms with van der Waals surface area (Å²) in [4.78, 5) is 25.1. The van der Waals surface area contributed by atoms with Crippen LogP contribution >= 0.6 is 34.3 Å². The molecule has 30 heavy (non-hydrogen) atoms. The van der Waals surface area contributed by atoms with Gasteiger partial charge in [-0.05, 0) is 36.8 Å². The van der Waals surface area contributed by atoms with Crippen LogP contribution in [0.4, 0.5) is 5.13 Å². The van der Waals surface area contributed by atoms with Gasteiger partial charge in [0.2, 0.25) is 0 Å². The Hall–Kier alpha value is -2.80. The van der Waals surface area contributed by atoms with Gasteiger partial charge in [0, 0.05) is 16.3 Å². The van der Waals surface area contributed by atoms with Gasteiger partial charge in [-0.1, -0.05) is 59.3 Å². The zero-order chi connectivity index (χ0) is 20.7. The molecule has 3 aromatic heterocycles. The van der Waals surface area contributed by atoms with Crippen LogP contribution in [-0.4, -0.2) is 15.9 Å². The summed E-state index contributed by atoms with van der Waals surface area (Å²) >= 11 is 9.53. The minimum absolute atomic E-state index is 0.163. The Balaban J connectivity index is 1.63. The molecule has 1 amide bonds. The number of aromatic nitrogens is 2. The van der Waals surface area contributed by atoms with Crippen LogP contribution in [0.1, 0.15) is 20.9 Å². The van der Waals surface area contributed by atoms with E-state index in [2.05, 4.69) is 4.98 Å². The number of benzene rings is 2. The second-order valence-electron chi connectivity index (χ2n) is 6.87. The molecule has 0 spiro atoms. The molecule has 0 saturated heterocycles. The van der Waals surface area contributed by atoms with E-state index in [0.717, 1.165) is 31.6 Å². The Morgan fingerprint density at radius 3 is 2.57 bits per heavy atom. The summed E-state index contributed by atoms with van der Waals surface area (Å²) in [7, 11) is 0. The van der Waals surface area contributed by atoms with Gasteiger partial charge in [0.05, 0.1) is 27.5 Å². The number of amides is 1. The van der Waals surface area contributed by atoms with Crippen LogP contribution in [0.2, 0.25) is 5.02 Å². The SMILES string of the molecule is Cc1cccc2sc(N(Cc3ccccn3)C(=O)c3sc4ccccc4c3Cl)nc12. The fraction of sp³-hybridized carbons (Fsp3) is 0.0870. The maximum Gasteiger partial charge on any atom is 0.272 e. The quantitative estimate of drug-likeness (QED) is 0.306. The lowest BCUT2D eigenvalue weighted by atomic mass is 10.2. The third kappa shape index (κ3) is 3.37. The number of carbonyl (C=O) groups excluding carboxylic acids is 1. The van der Waals surface area contributed by atoms with Crippen molar-refractivity contribution in [3.8, 4) is 0 Å². The lowest BCUT2D eigenvalue weighted by molar-refractivity contribution is 0.0989. The van der Waals surface area contributed by atoms with Crippen molar-refractivity contribution in [3.63, 3.8) is 0 Å². The normalized spacial score (nSPS) is 11.3. The highest BCUT2D eigenvalue weighted by atomic mass is 35.5. The van der Waals surface area contributed by atoms with Gasteiger partial charge < -0.3 is 0 Å². The van der Waals surface area contributed by atoms with Crippen LogP contribution in [0.3, 0.4) is 0 Å². The van der Waals surface area contributed by atoms with Crippen LogP contribution in [-0.2, 0) is 6.54 Å². The Kier molecular flexibility index (Phi) is 4.98. The van der Waals surface area contributed by atoms with E-state index in [9.17, 15) is 4.79 Å². The molecule has 2 aromatic carbocycles. The number of thiazole rings is 1. The fourth-order valence-corrected chi connectivity index (χ4v) is 5.85. The molecule has 7 heteroatoms. The number of hydrogen-bond donors (Lipinski definition) is 0. The Morgan fingerprint density at radius 2 is 1.80 bits per heavy atom. The summed E-state index contributed by atoms with van der Waals surface area (Å²) < 4.78 is 2.04. The van der Waals surface area contributed by atoms with Crippen LogP contribution in [0.25, 0.3) is 20.3 Å². The molecule has 5 rings (SSSR count). The molecule has 0 aliphatic carbocycles. The molecule has 0 atom stereocenters. The van der Waals surface area contributed by atoms with E-state index in [1.165, 1.54) is 22.7 Å². The minimum Gasteiger partial charge on any atom is -0.277 e. The predicted octanol–water partition coefficient (Wildman–Crippen LogP) is 6.71. The highest BCUT2D eigenvalue weighted by Crippen LogP contribution is 2.38. The zero-order valence-electron chi connectivity index (χ0n) is 16.0. The maximum absolute atomic E-state index is 13.7. The van der Waals surface area contributed by atoms with Gasteiger partial charge in [0.15, 0.2) is 5.13 Å². The molecule has 0 saturated carbocycles. The first kappa shape index (κ1) is 19.2. The molecule has 148 valence electrons. The van der Waals surface area contributed by atoms with Gasteiger partial charge in [-0.3, -0.25) is 14.7 Å². The first-order valence-electron chi connectivity index (χ1n) is 9.37. The number of aryl methyl sites for hydroxylation is 1. The number of hydrogen-bond acceptors (Lipinski definition) is 5. The minimum atomic E-state index is -0.163. The molecular formula is C23H16ClN3OS2. The van der Waals surface area contributed by atoms with Gasteiger partial charge in [0.1, 0.15) is 4.88 Å². The van der Waals surface area contributed by atoms with Gasteiger partial charge in [-0.15, -0.1) is 11.3 Å². The molecule has 0 radical (unpaired) electrons. The molecule has 0 unspecified atom stereocenters. The second kappa shape index (κ2) is 7.80. The largest absolute Gasteiger partial charge is 0.277 e. The third-order valence-electron chi connectivity index (χ3n) is 4.86. The van der Waals surface area contributed by atoms with Crippen molar-refractivity contribution in [1.82, 2.24) is 9.97 Å². The average Bonchev–Trinajstić information content (AvgIpc) is 3.35. The van der Waals surface area contributed by atoms with Gasteiger partial charge in [-0.2, -0.15) is 0 Å². The second-order valence-corrected chi connectivity index (χ2v) is 9.31. The smallest absolute Gasteiger partial charge is 0.272 e. The molecular weight excluding hydrogens is 434 g/mol. The summed E-state index contributed by atoms with van der Waals surface area (Å²) in [6.07, 6.45) is 1.73. The number of anilines is 1. The number of pyridine rings is 1. The van der Waals surface area contributed by atoms with Crippen LogP contribution < -0.4 is 4.90 Å². The van der Waals surface area contributed by atoms with E-state index in [4.69, 9.17) is 16.6 Å². The monoisotopic (exact) mass is 449 g/mol. The van der Waals surface area contributed by atoms with Crippen molar-refractivity contribution >= 4 is 65.6 Å². The summed E-state index contributed by atoms with van der Waals surface area (Å²) in [5, 5.41) is 2.03. The highest BCUT2D eigenvalue weighted by Gasteiger charge is 2.26. The molecule has 0 aliphatic rings. The van der Waals surface area contributed by atoms with Gasteiger partial charge >= 0.3 is 0 Å². The molecule has 5 aromatic rings. The predicted molar refractivity (Wildman–Crippen MR) is 126 cm³/mol. The van der Waals surface area contributed by atoms with Crippen molar-refractivity contribution in [1.29, 1.82) is 0 Å². The number of thiophene rings is 1. The highest BCUT2D eigenvalue weighted by molar-refractivity contribution is 7.23. The van der Waals surface area contributed by atoms with Crippen molar-refractivity contribution in [3.05, 3.63) is 88.0 Å². The molecule has 3 heterocycles. The summed E-state index contributed by atoms with van der Waals surface area (Å²) in [6.45, 7) is 2.35. The number of carbonyl (C=O) groups is 1. The lowest BCUT2D eigenvalue weighted by Crippen LogP contribution is -2.30. The molecule has 4 nitrogen and oxygen atoms in total. The Labute approximate surface area is 186 Å². The number of fused-ring (bicyclic) bond motifs is 2. The Bertz CT molecular complexity index is 1380. The molecule has 0 aliphatic heterocycles. The standard InChI is InChI=1S/C23H16ClN3OS2/c1-14-7-6-11-18-20(14)26-23(30-18)27(13-15-8-4-5-12-25-15)22(28)21-19(24)16-9-2-3-10-17(16)29-21/h2-12H,13H2,1H3. The number of nitrogens with zero attached hydrogens (tertiary/aromatic N) is 3. The summed E-state index contributed by atoms with van der Waals surface area (Å²) in [5.41, 5.74) is 2.79. The summed E-state index contributed by atoms with van der Waals surface area (Å²) in [6, 6.07) is 19.5. The van der Waals surface area contributed by atoms with Crippen LogP contribution in [0.15, 0.2) is 66.9 Å². The van der Waals surface area contributed by atoms with Gasteiger partial charge in [0.25, 0.3) is 5.91 Å². The van der Waals surface area contributed by atoms with E-state index in [1.54, 1.807) is 11.1 Å². The molecule has 0 bridgehead atoms. The third-order valence-corrected chi connectivity index (χ3v) is 7.57. The topological polar surface area (TPSA) is 46.1 Å². The molecule has 0 N–H and O–H groups in total. The van der Waals surface area contributed by atoms with E-state index in [-0.39, 0.29) is 5.91 Å². The van der Waals surface area contributed by atoms with Crippen molar-refractivity contribution < 1.29 is 4.79 Å². The number of rotatable bonds is 4. The zero-order valence-corrected chi connectivity index (χ0v) is 18.4. The maximum atomic E-state index is 13.7. The van der Waals surface area contributed by atoms with E-state index < -0.39 is 0 Å². The first-order chi connectivity index (χ1) is 14.6. The van der Waals surface area contributed by atoms with Gasteiger partial charge in [-0.25, -0.2) is 4.98 Å². The van der Waals surface area contributed by atoms with Crippen molar-refractivity contribution in [2.75, 3.05) is 4.90 Å². The molecule has 0 fully saturated rings. The van der Waals surface area contributed by atoms with Crippen molar-refractivity contribution in [2.45, 2.75) is 13.5 Å². The van der Waals surface area contributed by atoms with Crippen LogP contribution in [0, 0.1) is 6.92 Å². The van der Waals surface area contributed by atoms with Crippen LogP contribution in [0.5, 0.6) is 0 Å². The fourth-order valence-electron chi connectivity index (χ4n) is 3.34. The Morgan fingerprint density at radius 1 is 1.00 bits per heavy atom. The number of halogens is 1. The summed E-state index contributed by atoms with van der Waals surface area (Å²) in [5.74, 6) is -0.163. The van der Waals surface area contributed by atoms with Crippen molar-refractivity contribution in [2.24, 2.45) is 0 Å². The van der Waals surface area contributed by atoms with E-state index in [0.29, 0.717) is 21.6 Å². The number of para-hydroxylation sites is 1.